The van der Waals surface area contributed by atoms with Crippen LogP contribution in [0.4, 0.5) is 18.9 Å². The first kappa shape index (κ1) is 21.5. The maximum atomic E-state index is 13.5. The second-order valence-electron chi connectivity index (χ2n) is 7.36. The first-order chi connectivity index (χ1) is 15.1. The molecule has 11 heteroatoms. The van der Waals surface area contributed by atoms with E-state index in [0.29, 0.717) is 9.90 Å². The van der Waals surface area contributed by atoms with Gasteiger partial charge in [-0.15, -0.1) is 0 Å². The molecule has 1 N–H and O–H groups in total. The van der Waals surface area contributed by atoms with Gasteiger partial charge in [-0.1, -0.05) is 57.2 Å². The third-order valence-electron chi connectivity index (χ3n) is 5.48. The highest BCUT2D eigenvalue weighted by molar-refractivity contribution is 9.10. The van der Waals surface area contributed by atoms with Crippen LogP contribution in [0, 0.1) is 5.92 Å². The molecular weight excluding hydrogens is 529 g/mol. The van der Waals surface area contributed by atoms with Gasteiger partial charge in [0.05, 0.1) is 22.2 Å². The summed E-state index contributed by atoms with van der Waals surface area (Å²) < 4.78 is 40.4. The molecule has 0 spiro atoms. The van der Waals surface area contributed by atoms with Gasteiger partial charge in [-0.05, 0) is 35.9 Å². The van der Waals surface area contributed by atoms with Crippen molar-refractivity contribution in [2.24, 2.45) is 5.92 Å². The van der Waals surface area contributed by atoms with Crippen molar-refractivity contribution >= 4 is 56.5 Å². The predicted octanol–water partition coefficient (Wildman–Crippen LogP) is 5.01. The zero-order valence-corrected chi connectivity index (χ0v) is 19.1. The first-order valence-electron chi connectivity index (χ1n) is 9.35. The van der Waals surface area contributed by atoms with E-state index in [1.165, 1.54) is 12.1 Å². The number of aromatic nitrogens is 1. The van der Waals surface area contributed by atoms with Gasteiger partial charge in [0.15, 0.2) is 0 Å². The van der Waals surface area contributed by atoms with Crippen molar-refractivity contribution in [3.63, 3.8) is 0 Å². The molecule has 2 aromatic carbocycles. The Morgan fingerprint density at radius 3 is 2.41 bits per heavy atom. The minimum atomic E-state index is -4.60. The van der Waals surface area contributed by atoms with Crippen molar-refractivity contribution in [2.45, 2.75) is 22.4 Å². The number of fused-ring (bicyclic) bond motifs is 2. The number of benzene rings is 2. The highest BCUT2D eigenvalue weighted by Crippen LogP contribution is 2.53. The highest BCUT2D eigenvalue weighted by Gasteiger charge is 2.56. The molecular formula is C21H12BrF3N2O3S2. The number of nitrogens with zero attached hydrogens (tertiary/aromatic N) is 1. The molecule has 0 saturated carbocycles. The summed E-state index contributed by atoms with van der Waals surface area (Å²) in [6.45, 7) is 0. The summed E-state index contributed by atoms with van der Waals surface area (Å²) >= 11 is 5.43. The smallest absolute Gasteiger partial charge is 0.307 e. The van der Waals surface area contributed by atoms with E-state index in [9.17, 15) is 27.6 Å². The molecule has 164 valence electrons. The van der Waals surface area contributed by atoms with Crippen LogP contribution in [-0.2, 0) is 15.8 Å². The van der Waals surface area contributed by atoms with Crippen molar-refractivity contribution in [3.05, 3.63) is 78.7 Å². The topological polar surface area (TPSA) is 70.2 Å². The normalized spacial score (nSPS) is 22.8. The number of nitrogens with one attached hydrogen (secondary N) is 1. The maximum absolute atomic E-state index is 13.5. The average molecular weight is 541 g/mol. The van der Waals surface area contributed by atoms with Gasteiger partial charge in [-0.25, -0.2) is 4.90 Å². The fourth-order valence-electron chi connectivity index (χ4n) is 4.12. The van der Waals surface area contributed by atoms with Gasteiger partial charge >= 0.3 is 11.0 Å². The number of anilines is 1. The number of thioether (sulfide) groups is 1. The van der Waals surface area contributed by atoms with E-state index in [0.717, 1.165) is 50.2 Å². The number of imide groups is 1. The second-order valence-corrected chi connectivity index (χ2v) is 10.4. The predicted molar refractivity (Wildman–Crippen MR) is 118 cm³/mol. The number of alkyl halides is 3. The molecule has 5 nitrogen and oxygen atoms in total. The molecule has 0 unspecified atom stereocenters. The lowest BCUT2D eigenvalue weighted by Gasteiger charge is -2.29. The fourth-order valence-corrected chi connectivity index (χ4v) is 6.90. The summed E-state index contributed by atoms with van der Waals surface area (Å²) in [6.07, 6.45) is -4.60. The molecule has 2 amide bonds. The second kappa shape index (κ2) is 7.60. The number of carbonyl (C=O) groups is 2. The molecule has 3 aromatic rings. The van der Waals surface area contributed by atoms with Crippen LogP contribution in [-0.4, -0.2) is 22.0 Å². The average Bonchev–Trinajstić information content (AvgIpc) is 3.23. The number of aromatic amines is 1. The molecule has 0 aliphatic carbocycles. The van der Waals surface area contributed by atoms with Crippen LogP contribution in [0.5, 0.6) is 0 Å². The summed E-state index contributed by atoms with van der Waals surface area (Å²) in [5, 5.41) is -0.343. The first-order valence-corrected chi connectivity index (χ1v) is 11.8. The Bertz CT molecular complexity index is 1300. The quantitative estimate of drug-likeness (QED) is 0.463. The van der Waals surface area contributed by atoms with E-state index in [-0.39, 0.29) is 10.6 Å². The summed E-state index contributed by atoms with van der Waals surface area (Å²) in [5.41, 5.74) is -0.311. The lowest BCUT2D eigenvalue weighted by atomic mass is 9.83. The lowest BCUT2D eigenvalue weighted by Crippen LogP contribution is -2.32. The van der Waals surface area contributed by atoms with E-state index in [1.807, 2.05) is 0 Å². The van der Waals surface area contributed by atoms with Crippen molar-refractivity contribution in [2.75, 3.05) is 4.90 Å². The largest absolute Gasteiger partial charge is 0.416 e. The lowest BCUT2D eigenvalue weighted by molar-refractivity contribution is -0.137. The SMILES string of the molecule is O=C1[C@H]2[C@H](c3ccc(Br)cc3)c3sc(=O)[nH]c3S[C@H]2C(=O)N1c1cccc(C(F)(F)F)c1. The molecule has 1 aromatic heterocycles. The summed E-state index contributed by atoms with van der Waals surface area (Å²) in [6, 6.07) is 11.4. The number of H-pyrrole nitrogens is 1. The van der Waals surface area contributed by atoms with Crippen molar-refractivity contribution in [3.8, 4) is 0 Å². The van der Waals surface area contributed by atoms with Crippen LogP contribution in [0.15, 0.2) is 62.8 Å². The molecule has 1 fully saturated rings. The molecule has 32 heavy (non-hydrogen) atoms. The van der Waals surface area contributed by atoms with Gasteiger partial charge in [0.25, 0.3) is 0 Å². The Balaban J connectivity index is 1.62. The number of thiazole rings is 1. The number of hydrogen-bond acceptors (Lipinski definition) is 5. The minimum Gasteiger partial charge on any atom is -0.307 e. The monoisotopic (exact) mass is 540 g/mol. The maximum Gasteiger partial charge on any atom is 0.416 e. The van der Waals surface area contributed by atoms with Crippen LogP contribution >= 0.6 is 39.0 Å². The summed E-state index contributed by atoms with van der Waals surface area (Å²) in [4.78, 5) is 42.7. The minimum absolute atomic E-state index is 0.115. The Labute approximate surface area is 195 Å². The van der Waals surface area contributed by atoms with Crippen molar-refractivity contribution < 1.29 is 22.8 Å². The molecule has 5 rings (SSSR count). The van der Waals surface area contributed by atoms with E-state index in [4.69, 9.17) is 0 Å². The Kier molecular flexibility index (Phi) is 5.10. The van der Waals surface area contributed by atoms with Gasteiger partial charge < -0.3 is 4.98 Å². The summed E-state index contributed by atoms with van der Waals surface area (Å²) in [7, 11) is 0. The van der Waals surface area contributed by atoms with Gasteiger partial charge in [0.2, 0.25) is 11.8 Å². The Morgan fingerprint density at radius 1 is 1.00 bits per heavy atom. The van der Waals surface area contributed by atoms with Crippen LogP contribution in [0.1, 0.15) is 21.9 Å². The number of halogens is 4. The third kappa shape index (κ3) is 3.43. The number of rotatable bonds is 2. The van der Waals surface area contributed by atoms with Crippen LogP contribution in [0.2, 0.25) is 0 Å². The number of carbonyl (C=O) groups excluding carboxylic acids is 2. The molecule has 3 heterocycles. The van der Waals surface area contributed by atoms with E-state index in [2.05, 4.69) is 20.9 Å². The zero-order valence-electron chi connectivity index (χ0n) is 15.9. The van der Waals surface area contributed by atoms with Gasteiger partial charge in [0, 0.05) is 15.3 Å². The van der Waals surface area contributed by atoms with Crippen LogP contribution in [0.25, 0.3) is 0 Å². The number of hydrogen-bond donors (Lipinski definition) is 1. The fraction of sp³-hybridized carbons (Fsp3) is 0.190. The molecule has 0 bridgehead atoms. The molecule has 0 radical (unpaired) electrons. The zero-order chi connectivity index (χ0) is 22.8. The Hall–Kier alpha value is -2.37. The van der Waals surface area contributed by atoms with E-state index >= 15 is 0 Å². The molecule has 2 aliphatic rings. The molecule has 1 saturated heterocycles. The van der Waals surface area contributed by atoms with Gasteiger partial charge in [-0.2, -0.15) is 13.2 Å². The van der Waals surface area contributed by atoms with E-state index in [1.54, 1.807) is 24.3 Å². The van der Waals surface area contributed by atoms with Crippen LogP contribution in [0.3, 0.4) is 0 Å². The van der Waals surface area contributed by atoms with Gasteiger partial charge in [0.1, 0.15) is 5.25 Å². The van der Waals surface area contributed by atoms with Crippen molar-refractivity contribution in [1.29, 1.82) is 0 Å². The van der Waals surface area contributed by atoms with E-state index < -0.39 is 40.6 Å². The molecule has 3 atom stereocenters. The Morgan fingerprint density at radius 2 is 1.72 bits per heavy atom. The highest BCUT2D eigenvalue weighted by atomic mass is 79.9. The number of amides is 2. The third-order valence-corrected chi connectivity index (χ3v) is 8.41. The molecule has 2 aliphatic heterocycles. The summed E-state index contributed by atoms with van der Waals surface area (Å²) in [5.74, 6) is -2.59. The van der Waals surface area contributed by atoms with Gasteiger partial charge in [-0.3, -0.25) is 14.4 Å². The van der Waals surface area contributed by atoms with Crippen LogP contribution < -0.4 is 9.77 Å². The standard InChI is InChI=1S/C21H12BrF3N2O3S2/c22-11-6-4-9(5-7-11)13-14-16(31-17-15(13)32-20(30)26-17)19(29)27(18(14)28)12-3-1-2-10(8-12)21(23,24)25/h1-8,13-14,16H,(H,26,30)/t13-,14-,16+/m0/s1. The van der Waals surface area contributed by atoms with Crippen molar-refractivity contribution in [1.82, 2.24) is 4.98 Å².